The molecule has 1 aliphatic rings. The van der Waals surface area contributed by atoms with Crippen LogP contribution in [0.15, 0.2) is 60.8 Å². The number of carbonyl (C=O) groups is 1. The highest BCUT2D eigenvalue weighted by molar-refractivity contribution is 6.04. The molecule has 0 aliphatic carbocycles. The molecule has 0 saturated carbocycles. The molecule has 4 rings (SSSR count). The first-order chi connectivity index (χ1) is 16.6. The Morgan fingerprint density at radius 1 is 0.912 bits per heavy atom. The zero-order chi connectivity index (χ0) is 23.9. The summed E-state index contributed by atoms with van der Waals surface area (Å²) in [6.45, 7) is 4.52. The van der Waals surface area contributed by atoms with Crippen molar-refractivity contribution >= 4 is 17.4 Å². The van der Waals surface area contributed by atoms with E-state index in [-0.39, 0.29) is 5.91 Å². The van der Waals surface area contributed by atoms with E-state index < -0.39 is 0 Å². The van der Waals surface area contributed by atoms with E-state index in [0.29, 0.717) is 22.7 Å². The van der Waals surface area contributed by atoms with Gasteiger partial charge < -0.3 is 24.4 Å². The van der Waals surface area contributed by atoms with E-state index in [4.69, 9.17) is 14.2 Å². The predicted octanol–water partition coefficient (Wildman–Crippen LogP) is 3.68. The van der Waals surface area contributed by atoms with Gasteiger partial charge in [0, 0.05) is 49.9 Å². The number of piperazine rings is 1. The molecule has 0 radical (unpaired) electrons. The molecule has 0 atom stereocenters. The molecular weight excluding hydrogens is 432 g/mol. The van der Waals surface area contributed by atoms with Crippen LogP contribution in [0.5, 0.6) is 17.2 Å². The Labute approximate surface area is 200 Å². The highest BCUT2D eigenvalue weighted by Crippen LogP contribution is 2.24. The van der Waals surface area contributed by atoms with Crippen molar-refractivity contribution in [3.63, 3.8) is 0 Å². The fraction of sp³-hybridized carbons (Fsp3) is 0.308. The maximum absolute atomic E-state index is 12.7. The first kappa shape index (κ1) is 23.4. The number of carbonyl (C=O) groups excluding carboxylic acids is 1. The average molecular weight is 463 g/mol. The number of ether oxygens (including phenoxy) is 3. The van der Waals surface area contributed by atoms with Crippen LogP contribution in [0, 0.1) is 0 Å². The molecule has 1 amide bonds. The van der Waals surface area contributed by atoms with Gasteiger partial charge in [0.2, 0.25) is 0 Å². The summed E-state index contributed by atoms with van der Waals surface area (Å²) in [5.41, 5.74) is 2.28. The third kappa shape index (κ3) is 5.58. The van der Waals surface area contributed by atoms with Crippen molar-refractivity contribution in [1.82, 2.24) is 9.88 Å². The summed E-state index contributed by atoms with van der Waals surface area (Å²) < 4.78 is 16.0. The first-order valence-electron chi connectivity index (χ1n) is 11.2. The van der Waals surface area contributed by atoms with Crippen LogP contribution in [0.4, 0.5) is 11.5 Å². The standard InChI is InChI=1S/C26H30N4O4/c1-32-22-14-20(15-23(16-22)33-2)26(31)28-21-8-9-25(27-17-21)30-12-10-29(11-13-30)18-19-6-4-5-7-24(19)34-3/h4-9,14-17H,10-13,18H2,1-3H3,(H,28,31). The van der Waals surface area contributed by atoms with Crippen LogP contribution in [-0.4, -0.2) is 63.3 Å². The number of nitrogens with zero attached hydrogens (tertiary/aromatic N) is 3. The second-order valence-corrected chi connectivity index (χ2v) is 8.04. The molecule has 8 heteroatoms. The second-order valence-electron chi connectivity index (χ2n) is 8.04. The average Bonchev–Trinajstić information content (AvgIpc) is 2.89. The lowest BCUT2D eigenvalue weighted by molar-refractivity contribution is 0.102. The molecule has 2 aromatic carbocycles. The first-order valence-corrected chi connectivity index (χ1v) is 11.2. The Morgan fingerprint density at radius 2 is 1.62 bits per heavy atom. The summed E-state index contributed by atoms with van der Waals surface area (Å²) in [5.74, 6) is 2.69. The SMILES string of the molecule is COc1cc(OC)cc(C(=O)Nc2ccc(N3CCN(Cc4ccccc4OC)CC3)nc2)c1. The van der Waals surface area contributed by atoms with E-state index in [2.05, 4.69) is 26.2 Å². The van der Waals surface area contributed by atoms with E-state index in [0.717, 1.165) is 44.3 Å². The summed E-state index contributed by atoms with van der Waals surface area (Å²) in [7, 11) is 4.82. The van der Waals surface area contributed by atoms with Crippen LogP contribution in [0.1, 0.15) is 15.9 Å². The summed E-state index contributed by atoms with van der Waals surface area (Å²) >= 11 is 0. The molecule has 1 saturated heterocycles. The molecule has 1 fully saturated rings. The molecule has 0 bridgehead atoms. The molecule has 1 aliphatic heterocycles. The van der Waals surface area contributed by atoms with Gasteiger partial charge in [-0.15, -0.1) is 0 Å². The van der Waals surface area contributed by atoms with Crippen molar-refractivity contribution in [2.75, 3.05) is 57.7 Å². The van der Waals surface area contributed by atoms with Gasteiger partial charge in [0.05, 0.1) is 33.2 Å². The van der Waals surface area contributed by atoms with Gasteiger partial charge in [0.1, 0.15) is 23.1 Å². The molecule has 1 aromatic heterocycles. The maximum atomic E-state index is 12.7. The van der Waals surface area contributed by atoms with E-state index in [9.17, 15) is 4.79 Å². The Balaban J connectivity index is 1.33. The van der Waals surface area contributed by atoms with E-state index in [1.165, 1.54) is 5.56 Å². The molecule has 0 unspecified atom stereocenters. The second kappa shape index (κ2) is 10.9. The Hall–Kier alpha value is -3.78. The quantitative estimate of drug-likeness (QED) is 0.547. The molecule has 8 nitrogen and oxygen atoms in total. The van der Waals surface area contributed by atoms with Gasteiger partial charge in [-0.2, -0.15) is 0 Å². The lowest BCUT2D eigenvalue weighted by Gasteiger charge is -2.35. The molecule has 2 heterocycles. The van der Waals surface area contributed by atoms with Crippen LogP contribution in [0.3, 0.4) is 0 Å². The van der Waals surface area contributed by atoms with Crippen molar-refractivity contribution in [2.24, 2.45) is 0 Å². The third-order valence-electron chi connectivity index (χ3n) is 5.90. The predicted molar refractivity (Wildman–Crippen MR) is 132 cm³/mol. The molecule has 34 heavy (non-hydrogen) atoms. The molecular formula is C26H30N4O4. The Bertz CT molecular complexity index is 1090. The summed E-state index contributed by atoms with van der Waals surface area (Å²) in [5, 5.41) is 2.88. The molecule has 1 N–H and O–H groups in total. The number of para-hydroxylation sites is 1. The van der Waals surface area contributed by atoms with Crippen LogP contribution in [0.2, 0.25) is 0 Å². The number of aromatic nitrogens is 1. The highest BCUT2D eigenvalue weighted by atomic mass is 16.5. The summed E-state index contributed by atoms with van der Waals surface area (Å²) in [6.07, 6.45) is 1.69. The lowest BCUT2D eigenvalue weighted by Crippen LogP contribution is -2.46. The number of rotatable bonds is 8. The summed E-state index contributed by atoms with van der Waals surface area (Å²) in [6, 6.07) is 17.0. The van der Waals surface area contributed by atoms with Crippen molar-refractivity contribution in [1.29, 1.82) is 0 Å². The third-order valence-corrected chi connectivity index (χ3v) is 5.90. The van der Waals surface area contributed by atoms with Crippen molar-refractivity contribution in [3.05, 3.63) is 71.9 Å². The van der Waals surface area contributed by atoms with E-state index >= 15 is 0 Å². The Morgan fingerprint density at radius 3 is 2.24 bits per heavy atom. The van der Waals surface area contributed by atoms with Crippen LogP contribution in [0.25, 0.3) is 0 Å². The van der Waals surface area contributed by atoms with Gasteiger partial charge in [-0.3, -0.25) is 9.69 Å². The lowest BCUT2D eigenvalue weighted by atomic mass is 10.1. The largest absolute Gasteiger partial charge is 0.497 e. The van der Waals surface area contributed by atoms with Crippen LogP contribution in [-0.2, 0) is 6.54 Å². The number of nitrogens with one attached hydrogen (secondary N) is 1. The maximum Gasteiger partial charge on any atom is 0.255 e. The Kier molecular flexibility index (Phi) is 7.49. The number of methoxy groups -OCH3 is 3. The smallest absolute Gasteiger partial charge is 0.255 e. The van der Waals surface area contributed by atoms with Crippen molar-refractivity contribution < 1.29 is 19.0 Å². The minimum absolute atomic E-state index is 0.253. The normalized spacial score (nSPS) is 13.9. The number of anilines is 2. The molecule has 3 aromatic rings. The van der Waals surface area contributed by atoms with Gasteiger partial charge >= 0.3 is 0 Å². The van der Waals surface area contributed by atoms with Gasteiger partial charge in [0.15, 0.2) is 0 Å². The fourth-order valence-electron chi connectivity index (χ4n) is 4.00. The molecule has 178 valence electrons. The monoisotopic (exact) mass is 462 g/mol. The van der Waals surface area contributed by atoms with Crippen molar-refractivity contribution in [3.8, 4) is 17.2 Å². The summed E-state index contributed by atoms with van der Waals surface area (Å²) in [4.78, 5) is 22.0. The molecule has 0 spiro atoms. The number of hydrogen-bond acceptors (Lipinski definition) is 7. The van der Waals surface area contributed by atoms with Crippen LogP contribution < -0.4 is 24.4 Å². The number of benzene rings is 2. The van der Waals surface area contributed by atoms with Crippen LogP contribution >= 0.6 is 0 Å². The van der Waals surface area contributed by atoms with Gasteiger partial charge in [0.25, 0.3) is 5.91 Å². The van der Waals surface area contributed by atoms with E-state index in [1.807, 2.05) is 30.3 Å². The van der Waals surface area contributed by atoms with Crippen molar-refractivity contribution in [2.45, 2.75) is 6.54 Å². The number of pyridine rings is 1. The fourth-order valence-corrected chi connectivity index (χ4v) is 4.00. The highest BCUT2D eigenvalue weighted by Gasteiger charge is 2.19. The number of amides is 1. The van der Waals surface area contributed by atoms with E-state index in [1.54, 1.807) is 45.7 Å². The van der Waals surface area contributed by atoms with Gasteiger partial charge in [-0.25, -0.2) is 4.98 Å². The zero-order valence-corrected chi connectivity index (χ0v) is 19.8. The number of hydrogen-bond donors (Lipinski definition) is 1. The van der Waals surface area contributed by atoms with Gasteiger partial charge in [-0.1, -0.05) is 18.2 Å². The minimum Gasteiger partial charge on any atom is -0.497 e. The minimum atomic E-state index is -0.253. The van der Waals surface area contributed by atoms with Gasteiger partial charge in [-0.05, 0) is 30.3 Å². The topological polar surface area (TPSA) is 76.2 Å². The zero-order valence-electron chi connectivity index (χ0n) is 19.8.